The Hall–Kier alpha value is -1.83. The first-order chi connectivity index (χ1) is 12.3. The van der Waals surface area contributed by atoms with E-state index >= 15 is 0 Å². The van der Waals surface area contributed by atoms with E-state index in [2.05, 4.69) is 10.4 Å². The van der Waals surface area contributed by atoms with Crippen LogP contribution in [-0.4, -0.2) is 21.7 Å². The summed E-state index contributed by atoms with van der Waals surface area (Å²) in [6.45, 7) is 0. The molecule has 0 aromatic carbocycles. The van der Waals surface area contributed by atoms with E-state index < -0.39 is 11.9 Å². The zero-order chi connectivity index (χ0) is 18.5. The fourth-order valence-electron chi connectivity index (χ4n) is 4.24. The molecule has 0 saturated heterocycles. The molecule has 0 radical (unpaired) electrons. The average Bonchev–Trinajstić information content (AvgIpc) is 3.22. The van der Waals surface area contributed by atoms with Crippen molar-refractivity contribution in [2.24, 2.45) is 18.9 Å². The number of fused-ring (bicyclic) bond motifs is 3. The Morgan fingerprint density at radius 2 is 2.00 bits per heavy atom. The van der Waals surface area contributed by atoms with Crippen LogP contribution in [0.25, 0.3) is 10.6 Å². The Morgan fingerprint density at radius 3 is 2.58 bits per heavy atom. The van der Waals surface area contributed by atoms with Crippen LogP contribution >= 0.6 is 11.3 Å². The Bertz CT molecular complexity index is 818. The maximum absolute atomic E-state index is 12.9. The van der Waals surface area contributed by atoms with Gasteiger partial charge in [-0.15, -0.1) is 11.3 Å². The quantitative estimate of drug-likeness (QED) is 0.850. The van der Waals surface area contributed by atoms with Gasteiger partial charge in [0, 0.05) is 13.1 Å². The van der Waals surface area contributed by atoms with Crippen molar-refractivity contribution in [1.29, 1.82) is 0 Å². The Balaban J connectivity index is 1.49. The molecule has 4 nitrogen and oxygen atoms in total. The standard InChI is InChI=1S/C18H20F3N3OS/c1-24-16(18(19,20)21)9-13(23-24)14-6-7-15(26-14)17(25)22-12-8-10-2-4-11(12)5-3-10/h6-7,9-12H,2-5,8H2,1H3,(H,22,25). The molecule has 2 aromatic heterocycles. The van der Waals surface area contributed by atoms with Crippen molar-refractivity contribution in [1.82, 2.24) is 15.1 Å². The number of hydrogen-bond donors (Lipinski definition) is 1. The second kappa shape index (κ2) is 6.40. The summed E-state index contributed by atoms with van der Waals surface area (Å²) in [4.78, 5) is 13.6. The van der Waals surface area contributed by atoms with Gasteiger partial charge in [0.25, 0.3) is 5.91 Å². The van der Waals surface area contributed by atoms with E-state index in [1.165, 1.54) is 44.1 Å². The molecule has 2 heterocycles. The summed E-state index contributed by atoms with van der Waals surface area (Å²) in [5.74, 6) is 1.15. The maximum Gasteiger partial charge on any atom is 0.433 e. The number of halogens is 3. The van der Waals surface area contributed by atoms with E-state index in [1.54, 1.807) is 12.1 Å². The molecule has 3 aliphatic carbocycles. The molecule has 0 spiro atoms. The van der Waals surface area contributed by atoms with Gasteiger partial charge in [-0.1, -0.05) is 12.8 Å². The van der Waals surface area contributed by atoms with Crippen LogP contribution in [0.15, 0.2) is 18.2 Å². The minimum atomic E-state index is -4.45. The highest BCUT2D eigenvalue weighted by Gasteiger charge is 2.37. The van der Waals surface area contributed by atoms with Crippen LogP contribution in [-0.2, 0) is 13.2 Å². The van der Waals surface area contributed by atoms with Crippen LogP contribution in [0.3, 0.4) is 0 Å². The van der Waals surface area contributed by atoms with E-state index in [1.807, 2.05) is 0 Å². The Kier molecular flexibility index (Phi) is 4.33. The summed E-state index contributed by atoms with van der Waals surface area (Å²) in [7, 11) is 1.27. The molecular formula is C18H20F3N3OS. The molecule has 0 aliphatic heterocycles. The van der Waals surface area contributed by atoms with Gasteiger partial charge in [-0.25, -0.2) is 0 Å². The summed E-state index contributed by atoms with van der Waals surface area (Å²) < 4.78 is 39.6. The minimum Gasteiger partial charge on any atom is -0.348 e. The SMILES string of the molecule is Cn1nc(-c2ccc(C(=O)NC3CC4CCC3CC4)s2)cc1C(F)(F)F. The van der Waals surface area contributed by atoms with E-state index in [0.29, 0.717) is 15.7 Å². The lowest BCUT2D eigenvalue weighted by Crippen LogP contribution is -2.46. The van der Waals surface area contributed by atoms with Gasteiger partial charge in [0.15, 0.2) is 0 Å². The highest BCUT2D eigenvalue weighted by atomic mass is 32.1. The molecule has 1 atom stereocenters. The van der Waals surface area contributed by atoms with E-state index in [0.717, 1.165) is 23.1 Å². The third-order valence-electron chi connectivity index (χ3n) is 5.62. The van der Waals surface area contributed by atoms with Gasteiger partial charge in [0.2, 0.25) is 0 Å². The molecule has 5 rings (SSSR count). The first-order valence-corrected chi connectivity index (χ1v) is 9.65. The number of aromatic nitrogens is 2. The van der Waals surface area contributed by atoms with E-state index in [9.17, 15) is 18.0 Å². The van der Waals surface area contributed by atoms with Crippen LogP contribution < -0.4 is 5.32 Å². The van der Waals surface area contributed by atoms with Crippen LogP contribution in [0.2, 0.25) is 0 Å². The number of thiophene rings is 1. The Labute approximate surface area is 153 Å². The van der Waals surface area contributed by atoms with Crippen molar-refractivity contribution >= 4 is 17.2 Å². The molecule has 3 saturated carbocycles. The minimum absolute atomic E-state index is 0.134. The predicted molar refractivity (Wildman–Crippen MR) is 92.8 cm³/mol. The number of aryl methyl sites for hydroxylation is 1. The van der Waals surface area contributed by atoms with Crippen molar-refractivity contribution in [3.63, 3.8) is 0 Å². The number of nitrogens with one attached hydrogen (secondary N) is 1. The first-order valence-electron chi connectivity index (χ1n) is 8.83. The molecule has 1 amide bonds. The lowest BCUT2D eigenvalue weighted by Gasteiger charge is -2.42. The molecule has 3 aliphatic rings. The first kappa shape index (κ1) is 17.6. The van der Waals surface area contributed by atoms with Gasteiger partial charge >= 0.3 is 6.18 Å². The molecule has 140 valence electrons. The molecule has 8 heteroatoms. The summed E-state index contributed by atoms with van der Waals surface area (Å²) in [6.07, 6.45) is 1.49. The maximum atomic E-state index is 12.9. The fourth-order valence-corrected chi connectivity index (χ4v) is 5.11. The molecule has 26 heavy (non-hydrogen) atoms. The average molecular weight is 383 g/mol. The van der Waals surface area contributed by atoms with Gasteiger partial charge in [0.1, 0.15) is 11.4 Å². The zero-order valence-electron chi connectivity index (χ0n) is 14.3. The largest absolute Gasteiger partial charge is 0.433 e. The zero-order valence-corrected chi connectivity index (χ0v) is 15.2. The number of carbonyl (C=O) groups excluding carboxylic acids is 1. The lowest BCUT2D eigenvalue weighted by molar-refractivity contribution is -0.143. The van der Waals surface area contributed by atoms with Crippen LogP contribution in [0.1, 0.15) is 47.5 Å². The summed E-state index contributed by atoms with van der Waals surface area (Å²) in [5.41, 5.74) is -0.564. The summed E-state index contributed by atoms with van der Waals surface area (Å²) in [5, 5.41) is 7.08. The molecule has 1 N–H and O–H groups in total. The number of rotatable bonds is 3. The highest BCUT2D eigenvalue weighted by Crippen LogP contribution is 2.41. The molecule has 3 fully saturated rings. The van der Waals surface area contributed by atoms with Gasteiger partial charge in [-0.3, -0.25) is 9.48 Å². The second-order valence-corrected chi connectivity index (χ2v) is 8.38. The van der Waals surface area contributed by atoms with E-state index in [-0.39, 0.29) is 17.6 Å². The lowest BCUT2D eigenvalue weighted by atomic mass is 9.68. The number of nitrogens with zero attached hydrogens (tertiary/aromatic N) is 2. The second-order valence-electron chi connectivity index (χ2n) is 7.30. The number of hydrogen-bond acceptors (Lipinski definition) is 3. The smallest absolute Gasteiger partial charge is 0.348 e. The molecule has 2 aromatic rings. The van der Waals surface area contributed by atoms with Crippen molar-refractivity contribution in [2.75, 3.05) is 0 Å². The topological polar surface area (TPSA) is 46.9 Å². The van der Waals surface area contributed by atoms with Gasteiger partial charge in [-0.2, -0.15) is 18.3 Å². The molecule has 1 unspecified atom stereocenters. The molecular weight excluding hydrogens is 363 g/mol. The third kappa shape index (κ3) is 3.26. The van der Waals surface area contributed by atoms with Crippen LogP contribution in [0, 0.1) is 11.8 Å². The van der Waals surface area contributed by atoms with E-state index in [4.69, 9.17) is 0 Å². The van der Waals surface area contributed by atoms with Crippen molar-refractivity contribution in [3.05, 3.63) is 28.8 Å². The number of alkyl halides is 3. The van der Waals surface area contributed by atoms with Crippen molar-refractivity contribution < 1.29 is 18.0 Å². The Morgan fingerprint density at radius 1 is 1.27 bits per heavy atom. The fraction of sp³-hybridized carbons (Fsp3) is 0.556. The van der Waals surface area contributed by atoms with Crippen molar-refractivity contribution in [3.8, 4) is 10.6 Å². The monoisotopic (exact) mass is 383 g/mol. The van der Waals surface area contributed by atoms with Gasteiger partial charge in [0.05, 0.1) is 9.75 Å². The summed E-state index contributed by atoms with van der Waals surface area (Å²) in [6, 6.07) is 4.58. The third-order valence-corrected chi connectivity index (χ3v) is 6.72. The predicted octanol–water partition coefficient (Wildman–Crippen LogP) is 4.48. The van der Waals surface area contributed by atoms with Crippen LogP contribution in [0.4, 0.5) is 13.2 Å². The van der Waals surface area contributed by atoms with Crippen molar-refractivity contribution in [2.45, 2.75) is 44.3 Å². The van der Waals surface area contributed by atoms with Gasteiger partial charge in [-0.05, 0) is 49.3 Å². The number of carbonyl (C=O) groups is 1. The molecule has 2 bridgehead atoms. The van der Waals surface area contributed by atoms with Gasteiger partial charge < -0.3 is 5.32 Å². The summed E-state index contributed by atoms with van der Waals surface area (Å²) >= 11 is 1.18. The van der Waals surface area contributed by atoms with Crippen LogP contribution in [0.5, 0.6) is 0 Å². The normalized spacial score (nSPS) is 25.5. The highest BCUT2D eigenvalue weighted by molar-refractivity contribution is 7.17. The number of amides is 1.